The van der Waals surface area contributed by atoms with Gasteiger partial charge in [0.2, 0.25) is 0 Å². The number of halogens is 1. The first-order valence-corrected chi connectivity index (χ1v) is 5.01. The number of ether oxygens (including phenoxy) is 1. The van der Waals surface area contributed by atoms with Crippen LogP contribution in [0.4, 0.5) is 10.2 Å². The first kappa shape index (κ1) is 11.7. The minimum absolute atomic E-state index is 0.104. The molecule has 0 amide bonds. The molecule has 1 aromatic heterocycles. The van der Waals surface area contributed by atoms with Crippen LogP contribution in [0, 0.1) is 6.92 Å². The number of hydrogen-bond acceptors (Lipinski definition) is 5. The molecule has 17 heavy (non-hydrogen) atoms. The molecule has 1 aliphatic rings. The third-order valence-electron chi connectivity index (χ3n) is 2.49. The van der Waals surface area contributed by atoms with Crippen molar-refractivity contribution in [2.24, 2.45) is 0 Å². The fourth-order valence-corrected chi connectivity index (χ4v) is 1.57. The molecule has 2 rings (SSSR count). The zero-order chi connectivity index (χ0) is 12.6. The lowest BCUT2D eigenvalue weighted by molar-refractivity contribution is -0.0214. The van der Waals surface area contributed by atoms with E-state index in [0.717, 1.165) is 10.6 Å². The second-order valence-corrected chi connectivity index (χ2v) is 3.76. The normalized spacial score (nSPS) is 23.8. The van der Waals surface area contributed by atoms with Gasteiger partial charge in [-0.25, -0.2) is 9.18 Å². The van der Waals surface area contributed by atoms with E-state index in [1.807, 2.05) is 0 Å². The molecule has 2 atom stereocenters. The molecule has 0 aromatic carbocycles. The summed E-state index contributed by atoms with van der Waals surface area (Å²) in [5.41, 5.74) is 5.32. The number of aryl methyl sites for hydroxylation is 1. The molecule has 3 N–H and O–H groups in total. The number of hydrogen-bond donors (Lipinski definition) is 2. The fraction of sp³-hybridized carbons (Fsp3) is 0.400. The summed E-state index contributed by atoms with van der Waals surface area (Å²) in [6.07, 6.45) is 0.585. The molecular formula is C10H12FN3O3. The number of aliphatic hydroxyl groups is 1. The monoisotopic (exact) mass is 241 g/mol. The topological polar surface area (TPSA) is 90.4 Å². The fourth-order valence-electron chi connectivity index (χ4n) is 1.57. The molecule has 0 saturated carbocycles. The Bertz CT molecular complexity index is 526. The molecule has 0 spiro atoms. The largest absolute Gasteiger partial charge is 0.393 e. The van der Waals surface area contributed by atoms with Crippen molar-refractivity contribution in [3.63, 3.8) is 0 Å². The van der Waals surface area contributed by atoms with Crippen LogP contribution in [0.3, 0.4) is 0 Å². The minimum Gasteiger partial charge on any atom is -0.393 e. The van der Waals surface area contributed by atoms with Gasteiger partial charge in [0, 0.05) is 11.8 Å². The maximum absolute atomic E-state index is 13.5. The van der Waals surface area contributed by atoms with Crippen LogP contribution in [-0.2, 0) is 4.74 Å². The zero-order valence-electron chi connectivity index (χ0n) is 9.13. The first-order valence-electron chi connectivity index (χ1n) is 5.01. The van der Waals surface area contributed by atoms with Gasteiger partial charge in [-0.2, -0.15) is 4.98 Å². The summed E-state index contributed by atoms with van der Waals surface area (Å²) in [5, 5.41) is 8.86. The summed E-state index contributed by atoms with van der Waals surface area (Å²) in [6.45, 7) is 1.30. The highest BCUT2D eigenvalue weighted by Crippen LogP contribution is 2.28. The smallest absolute Gasteiger partial charge is 0.351 e. The Morgan fingerprint density at radius 3 is 3.00 bits per heavy atom. The van der Waals surface area contributed by atoms with Crippen LogP contribution in [-0.4, -0.2) is 27.4 Å². The van der Waals surface area contributed by atoms with Crippen LogP contribution in [0.25, 0.3) is 0 Å². The highest BCUT2D eigenvalue weighted by atomic mass is 19.1. The third-order valence-corrected chi connectivity index (χ3v) is 2.49. The van der Waals surface area contributed by atoms with Crippen molar-refractivity contribution in [1.29, 1.82) is 0 Å². The highest BCUT2D eigenvalue weighted by molar-refractivity contribution is 5.35. The number of aliphatic hydroxyl groups excluding tert-OH is 1. The third kappa shape index (κ3) is 2.06. The zero-order valence-corrected chi connectivity index (χ0v) is 9.13. The highest BCUT2D eigenvalue weighted by Gasteiger charge is 2.29. The van der Waals surface area contributed by atoms with E-state index < -0.39 is 23.8 Å². The molecule has 1 aromatic rings. The van der Waals surface area contributed by atoms with Crippen LogP contribution in [0.1, 0.15) is 11.8 Å². The lowest BCUT2D eigenvalue weighted by Crippen LogP contribution is -2.29. The average molecular weight is 241 g/mol. The van der Waals surface area contributed by atoms with Gasteiger partial charge in [-0.15, -0.1) is 0 Å². The van der Waals surface area contributed by atoms with Crippen LogP contribution in [0.15, 0.2) is 22.9 Å². The van der Waals surface area contributed by atoms with Crippen molar-refractivity contribution in [1.82, 2.24) is 9.55 Å². The summed E-state index contributed by atoms with van der Waals surface area (Å²) in [5.74, 6) is -0.524. The molecule has 0 radical (unpaired) electrons. The predicted octanol–water partition coefficient (Wildman–Crippen LogP) is -0.123. The molecule has 2 heterocycles. The van der Waals surface area contributed by atoms with Crippen molar-refractivity contribution in [2.75, 3.05) is 12.3 Å². The Balaban J connectivity index is 2.40. The Kier molecular flexibility index (Phi) is 2.95. The van der Waals surface area contributed by atoms with Crippen molar-refractivity contribution >= 4 is 5.82 Å². The summed E-state index contributed by atoms with van der Waals surface area (Å²) >= 11 is 0. The minimum atomic E-state index is -1.17. The quantitative estimate of drug-likeness (QED) is 0.753. The molecule has 0 bridgehead atoms. The lowest BCUT2D eigenvalue weighted by atomic mass is 10.3. The number of nitrogens with two attached hydrogens (primary N) is 1. The molecule has 1 aliphatic heterocycles. The Morgan fingerprint density at radius 1 is 1.71 bits per heavy atom. The van der Waals surface area contributed by atoms with Crippen molar-refractivity contribution in [2.45, 2.75) is 19.3 Å². The van der Waals surface area contributed by atoms with Gasteiger partial charge in [0.1, 0.15) is 17.7 Å². The van der Waals surface area contributed by atoms with Gasteiger partial charge in [-0.3, -0.25) is 4.57 Å². The molecule has 0 aliphatic carbocycles. The number of nitrogens with zero attached hydrogens (tertiary/aromatic N) is 2. The molecule has 92 valence electrons. The predicted molar refractivity (Wildman–Crippen MR) is 57.8 cm³/mol. The lowest BCUT2D eigenvalue weighted by Gasteiger charge is -2.16. The molecule has 7 heteroatoms. The van der Waals surface area contributed by atoms with Gasteiger partial charge in [0.05, 0.1) is 6.61 Å². The second-order valence-electron chi connectivity index (χ2n) is 3.76. The van der Waals surface area contributed by atoms with Crippen LogP contribution < -0.4 is 11.4 Å². The summed E-state index contributed by atoms with van der Waals surface area (Å²) in [7, 11) is 0. The van der Waals surface area contributed by atoms with Crippen LogP contribution in [0.2, 0.25) is 0 Å². The molecule has 0 unspecified atom stereocenters. The van der Waals surface area contributed by atoms with E-state index in [1.165, 1.54) is 6.20 Å². The van der Waals surface area contributed by atoms with Crippen molar-refractivity contribution in [3.8, 4) is 0 Å². The number of rotatable bonds is 2. The number of anilines is 1. The molecule has 0 fully saturated rings. The first-order chi connectivity index (χ1) is 8.02. The van der Waals surface area contributed by atoms with E-state index in [0.29, 0.717) is 5.56 Å². The Morgan fingerprint density at radius 2 is 2.41 bits per heavy atom. The number of nitrogen functional groups attached to an aromatic ring is 1. The van der Waals surface area contributed by atoms with E-state index in [2.05, 4.69) is 4.98 Å². The van der Waals surface area contributed by atoms with Crippen molar-refractivity contribution in [3.05, 3.63) is 34.1 Å². The SMILES string of the molecule is Cc1cn([C@@H]2O[C@H](CO)C=C2F)c(=O)nc1N. The van der Waals surface area contributed by atoms with Gasteiger partial charge >= 0.3 is 5.69 Å². The standard InChI is InChI=1S/C10H12FN3O3/c1-5-3-14(10(16)13-8(5)12)9-7(11)2-6(4-15)17-9/h2-3,6,9,15H,4H2,1H3,(H2,12,13,16)/t6-,9+/m0/s1. The summed E-state index contributed by atoms with van der Waals surface area (Å²) in [6, 6.07) is 0. The summed E-state index contributed by atoms with van der Waals surface area (Å²) in [4.78, 5) is 15.1. The van der Waals surface area contributed by atoms with E-state index in [1.54, 1.807) is 6.92 Å². The van der Waals surface area contributed by atoms with Gasteiger partial charge in [0.15, 0.2) is 6.23 Å². The Labute approximate surface area is 96.1 Å². The van der Waals surface area contributed by atoms with Gasteiger partial charge < -0.3 is 15.6 Å². The molecule has 0 saturated heterocycles. The number of aromatic nitrogens is 2. The van der Waals surface area contributed by atoms with Crippen LogP contribution >= 0.6 is 0 Å². The maximum Gasteiger partial charge on any atom is 0.351 e. The maximum atomic E-state index is 13.5. The van der Waals surface area contributed by atoms with E-state index >= 15 is 0 Å². The molecule has 6 nitrogen and oxygen atoms in total. The van der Waals surface area contributed by atoms with E-state index in [-0.39, 0.29) is 12.4 Å². The van der Waals surface area contributed by atoms with Crippen LogP contribution in [0.5, 0.6) is 0 Å². The van der Waals surface area contributed by atoms with Gasteiger partial charge in [0.25, 0.3) is 0 Å². The Hall–Kier alpha value is -1.73. The molecular weight excluding hydrogens is 229 g/mol. The van der Waals surface area contributed by atoms with E-state index in [4.69, 9.17) is 15.6 Å². The van der Waals surface area contributed by atoms with Gasteiger partial charge in [-0.1, -0.05) is 0 Å². The average Bonchev–Trinajstić information content (AvgIpc) is 2.65. The van der Waals surface area contributed by atoms with Crippen molar-refractivity contribution < 1.29 is 14.2 Å². The van der Waals surface area contributed by atoms with E-state index in [9.17, 15) is 9.18 Å². The summed E-state index contributed by atoms with van der Waals surface area (Å²) < 4.78 is 19.7. The second kappa shape index (κ2) is 4.27. The van der Waals surface area contributed by atoms with Gasteiger partial charge in [-0.05, 0) is 13.0 Å².